The Labute approximate surface area is 131 Å². The minimum atomic E-state index is -4.25. The van der Waals surface area contributed by atoms with Gasteiger partial charge in [-0.2, -0.15) is 0 Å². The summed E-state index contributed by atoms with van der Waals surface area (Å²) in [6.45, 7) is 0.390. The second-order valence-corrected chi connectivity index (χ2v) is 6.67. The first-order chi connectivity index (χ1) is 10.8. The fourth-order valence-corrected chi connectivity index (χ4v) is 3.60. The van der Waals surface area contributed by atoms with Crippen LogP contribution in [0.15, 0.2) is 41.3 Å². The van der Waals surface area contributed by atoms with Crippen LogP contribution < -0.4 is 4.31 Å². The number of aliphatic hydroxyl groups is 1. The molecule has 0 bridgehead atoms. The van der Waals surface area contributed by atoms with Crippen LogP contribution in [-0.4, -0.2) is 26.7 Å². The van der Waals surface area contributed by atoms with Crippen LogP contribution in [0.2, 0.25) is 0 Å². The molecule has 23 heavy (non-hydrogen) atoms. The number of anilines is 1. The van der Waals surface area contributed by atoms with Crippen molar-refractivity contribution in [2.75, 3.05) is 17.5 Å². The highest BCUT2D eigenvalue weighted by atomic mass is 32.2. The summed E-state index contributed by atoms with van der Waals surface area (Å²) in [7, 11) is -4.25. The molecule has 2 rings (SSSR count). The van der Waals surface area contributed by atoms with Gasteiger partial charge in [-0.1, -0.05) is 0 Å². The van der Waals surface area contributed by atoms with Crippen LogP contribution in [0, 0.1) is 24.4 Å². The summed E-state index contributed by atoms with van der Waals surface area (Å²) >= 11 is 0. The Balaban J connectivity index is 2.56. The molecular formula is C15H14F3NO3S. The van der Waals surface area contributed by atoms with E-state index < -0.39 is 46.3 Å². The predicted octanol–water partition coefficient (Wildman–Crippen LogP) is 2.60. The number of halogens is 3. The van der Waals surface area contributed by atoms with E-state index in [1.807, 2.05) is 0 Å². The van der Waals surface area contributed by atoms with Gasteiger partial charge in [-0.3, -0.25) is 4.31 Å². The Bertz CT molecular complexity index is 825. The van der Waals surface area contributed by atoms with E-state index in [0.29, 0.717) is 10.4 Å². The van der Waals surface area contributed by atoms with Gasteiger partial charge in [0.2, 0.25) is 0 Å². The molecule has 0 heterocycles. The summed E-state index contributed by atoms with van der Waals surface area (Å²) in [4.78, 5) is -0.256. The van der Waals surface area contributed by atoms with Gasteiger partial charge < -0.3 is 5.11 Å². The molecule has 0 unspecified atom stereocenters. The highest BCUT2D eigenvalue weighted by molar-refractivity contribution is 7.92. The maximum absolute atomic E-state index is 13.9. The van der Waals surface area contributed by atoms with Gasteiger partial charge in [0.1, 0.15) is 17.5 Å². The minimum absolute atomic E-state index is 0.106. The standard InChI is InChI=1S/C15H14F3NO3S/c1-10-8-12(3-4-13(10)17)23(21,22)19(6-7-20)15-5-2-11(16)9-14(15)18/h2-5,8-9,20H,6-7H2,1H3. The normalized spacial score (nSPS) is 11.5. The Kier molecular flexibility index (Phi) is 4.96. The third kappa shape index (κ3) is 3.48. The first-order valence-electron chi connectivity index (χ1n) is 6.62. The number of aryl methyl sites for hydroxylation is 1. The number of nitrogens with zero attached hydrogens (tertiary/aromatic N) is 1. The highest BCUT2D eigenvalue weighted by Crippen LogP contribution is 2.27. The molecule has 0 aliphatic rings. The van der Waals surface area contributed by atoms with Crippen LogP contribution in [0.5, 0.6) is 0 Å². The molecule has 0 saturated heterocycles. The van der Waals surface area contributed by atoms with Gasteiger partial charge in [0, 0.05) is 6.07 Å². The number of aliphatic hydroxyl groups excluding tert-OH is 1. The molecule has 0 fully saturated rings. The quantitative estimate of drug-likeness (QED) is 0.906. The average molecular weight is 345 g/mol. The molecule has 0 aromatic heterocycles. The summed E-state index contributed by atoms with van der Waals surface area (Å²) in [5, 5.41) is 9.09. The third-order valence-corrected chi connectivity index (χ3v) is 5.01. The van der Waals surface area contributed by atoms with E-state index in [0.717, 1.165) is 30.3 Å². The minimum Gasteiger partial charge on any atom is -0.394 e. The van der Waals surface area contributed by atoms with Crippen molar-refractivity contribution in [1.82, 2.24) is 0 Å². The molecule has 2 aromatic rings. The Morgan fingerprint density at radius 1 is 1.04 bits per heavy atom. The van der Waals surface area contributed by atoms with Crippen molar-refractivity contribution in [1.29, 1.82) is 0 Å². The lowest BCUT2D eigenvalue weighted by Gasteiger charge is -2.24. The lowest BCUT2D eigenvalue weighted by molar-refractivity contribution is 0.306. The molecule has 0 atom stereocenters. The van der Waals surface area contributed by atoms with E-state index in [1.165, 1.54) is 6.92 Å². The molecule has 0 amide bonds. The van der Waals surface area contributed by atoms with Crippen molar-refractivity contribution >= 4 is 15.7 Å². The Morgan fingerprint density at radius 2 is 1.74 bits per heavy atom. The Morgan fingerprint density at radius 3 is 2.30 bits per heavy atom. The maximum atomic E-state index is 13.9. The van der Waals surface area contributed by atoms with Gasteiger partial charge in [0.25, 0.3) is 10.0 Å². The lowest BCUT2D eigenvalue weighted by atomic mass is 10.2. The van der Waals surface area contributed by atoms with Crippen LogP contribution in [0.1, 0.15) is 5.56 Å². The van der Waals surface area contributed by atoms with Gasteiger partial charge in [-0.25, -0.2) is 21.6 Å². The van der Waals surface area contributed by atoms with Gasteiger partial charge in [-0.05, 0) is 42.8 Å². The van der Waals surface area contributed by atoms with Gasteiger partial charge in [0.15, 0.2) is 0 Å². The fraction of sp³-hybridized carbons (Fsp3) is 0.200. The molecule has 0 radical (unpaired) electrons. The highest BCUT2D eigenvalue weighted by Gasteiger charge is 2.27. The zero-order chi connectivity index (χ0) is 17.2. The maximum Gasteiger partial charge on any atom is 0.264 e. The molecular weight excluding hydrogens is 331 g/mol. The first kappa shape index (κ1) is 17.3. The van der Waals surface area contributed by atoms with E-state index in [4.69, 9.17) is 5.11 Å². The predicted molar refractivity (Wildman–Crippen MR) is 79.1 cm³/mol. The second kappa shape index (κ2) is 6.59. The molecule has 1 N–H and O–H groups in total. The number of benzene rings is 2. The van der Waals surface area contributed by atoms with E-state index >= 15 is 0 Å². The van der Waals surface area contributed by atoms with Crippen LogP contribution in [0.25, 0.3) is 0 Å². The fourth-order valence-electron chi connectivity index (χ4n) is 2.05. The molecule has 0 spiro atoms. The van der Waals surface area contributed by atoms with Crippen molar-refractivity contribution in [3.05, 3.63) is 59.4 Å². The van der Waals surface area contributed by atoms with Gasteiger partial charge in [0.05, 0.1) is 23.7 Å². The number of rotatable bonds is 5. The van der Waals surface area contributed by atoms with Crippen molar-refractivity contribution in [2.24, 2.45) is 0 Å². The topological polar surface area (TPSA) is 57.6 Å². The van der Waals surface area contributed by atoms with Crippen LogP contribution in [0.3, 0.4) is 0 Å². The smallest absolute Gasteiger partial charge is 0.264 e. The zero-order valence-corrected chi connectivity index (χ0v) is 12.9. The molecule has 0 aliphatic heterocycles. The van der Waals surface area contributed by atoms with E-state index in [2.05, 4.69) is 0 Å². The third-order valence-electron chi connectivity index (χ3n) is 3.20. The second-order valence-electron chi connectivity index (χ2n) is 4.81. The van der Waals surface area contributed by atoms with Crippen LogP contribution in [-0.2, 0) is 10.0 Å². The van der Waals surface area contributed by atoms with Gasteiger partial charge in [-0.15, -0.1) is 0 Å². The van der Waals surface area contributed by atoms with Crippen molar-refractivity contribution < 1.29 is 26.7 Å². The SMILES string of the molecule is Cc1cc(S(=O)(=O)N(CCO)c2ccc(F)cc2F)ccc1F. The summed E-state index contributed by atoms with van der Waals surface area (Å²) in [5.41, 5.74) is -0.294. The summed E-state index contributed by atoms with van der Waals surface area (Å²) in [6, 6.07) is 5.56. The first-order valence-corrected chi connectivity index (χ1v) is 8.06. The molecule has 2 aromatic carbocycles. The lowest BCUT2D eigenvalue weighted by Crippen LogP contribution is -2.34. The molecule has 124 valence electrons. The van der Waals surface area contributed by atoms with Crippen molar-refractivity contribution in [3.63, 3.8) is 0 Å². The summed E-state index contributed by atoms with van der Waals surface area (Å²) in [6.07, 6.45) is 0. The molecule has 0 saturated carbocycles. The van der Waals surface area contributed by atoms with Crippen LogP contribution >= 0.6 is 0 Å². The Hall–Kier alpha value is -2.06. The van der Waals surface area contributed by atoms with E-state index in [1.54, 1.807) is 0 Å². The zero-order valence-electron chi connectivity index (χ0n) is 12.1. The van der Waals surface area contributed by atoms with Gasteiger partial charge >= 0.3 is 0 Å². The number of hydrogen-bond donors (Lipinski definition) is 1. The van der Waals surface area contributed by atoms with Crippen LogP contribution in [0.4, 0.5) is 18.9 Å². The molecule has 4 nitrogen and oxygen atoms in total. The van der Waals surface area contributed by atoms with Crippen molar-refractivity contribution in [3.8, 4) is 0 Å². The number of sulfonamides is 1. The van der Waals surface area contributed by atoms with E-state index in [-0.39, 0.29) is 10.5 Å². The number of hydrogen-bond acceptors (Lipinski definition) is 3. The van der Waals surface area contributed by atoms with E-state index in [9.17, 15) is 21.6 Å². The molecule has 0 aliphatic carbocycles. The monoisotopic (exact) mass is 345 g/mol. The average Bonchev–Trinajstić information content (AvgIpc) is 2.48. The summed E-state index contributed by atoms with van der Waals surface area (Å²) in [5.74, 6) is -2.52. The van der Waals surface area contributed by atoms with Crippen molar-refractivity contribution in [2.45, 2.75) is 11.8 Å². The largest absolute Gasteiger partial charge is 0.394 e. The summed E-state index contributed by atoms with van der Waals surface area (Å²) < 4.78 is 66.2. The molecule has 8 heteroatoms.